The van der Waals surface area contributed by atoms with Gasteiger partial charge >= 0.3 is 15.6 Å². The highest BCUT2D eigenvalue weighted by molar-refractivity contribution is 7.60. The Morgan fingerprint density at radius 1 is 1.18 bits per heavy atom. The maximum Gasteiger partial charge on any atom is 0.478 e. The van der Waals surface area contributed by atoms with Gasteiger partial charge in [0.05, 0.1) is 30.4 Å². The van der Waals surface area contributed by atoms with Crippen LogP contribution in [-0.4, -0.2) is 59.7 Å². The first-order valence-electron chi connectivity index (χ1n) is 12.2. The van der Waals surface area contributed by atoms with Crippen molar-refractivity contribution in [2.24, 2.45) is 11.3 Å². The molecule has 5 rings (SSSR count). The third-order valence-corrected chi connectivity index (χ3v) is 9.52. The number of halogens is 1. The van der Waals surface area contributed by atoms with E-state index in [1.165, 1.54) is 18.5 Å². The summed E-state index contributed by atoms with van der Waals surface area (Å²) in [6, 6.07) is 5.96. The molecule has 4 heterocycles. The second-order valence-corrected chi connectivity index (χ2v) is 13.8. The molecule has 3 aliphatic heterocycles. The number of ether oxygens (including phenoxy) is 2. The van der Waals surface area contributed by atoms with E-state index in [0.29, 0.717) is 10.9 Å². The van der Waals surface area contributed by atoms with Crippen LogP contribution in [0.3, 0.4) is 0 Å². The van der Waals surface area contributed by atoms with Crippen molar-refractivity contribution >= 4 is 27.2 Å². The second-order valence-electron chi connectivity index (χ2n) is 10.7. The number of fused-ring (bicyclic) bond motifs is 3. The van der Waals surface area contributed by atoms with Crippen molar-refractivity contribution in [2.45, 2.75) is 58.3 Å². The number of aromatic nitrogens is 2. The predicted octanol–water partition coefficient (Wildman–Crippen LogP) is 4.09. The molecule has 1 aromatic carbocycles. The van der Waals surface area contributed by atoms with Gasteiger partial charge in [0.1, 0.15) is 11.4 Å². The molecule has 212 valence electrons. The van der Waals surface area contributed by atoms with E-state index in [-0.39, 0.29) is 17.1 Å². The maximum atomic E-state index is 9.63. The SMILES string of the molecule is Cc1nc[nH]c1CN1CCC2(CC1)CO[C@H]1c3ccc(Cl)cc3OC(C)(C)[C@@H]1C2.O=P(O)(O)OP(=O)(O)O. The summed E-state index contributed by atoms with van der Waals surface area (Å²) in [6.45, 7) is 10.5. The lowest BCUT2D eigenvalue weighted by atomic mass is 9.64. The molecule has 38 heavy (non-hydrogen) atoms. The van der Waals surface area contributed by atoms with Gasteiger partial charge in [-0.25, -0.2) is 14.1 Å². The predicted molar refractivity (Wildman–Crippen MR) is 138 cm³/mol. The van der Waals surface area contributed by atoms with Gasteiger partial charge in [-0.1, -0.05) is 17.7 Å². The average molecular weight is 594 g/mol. The fourth-order valence-electron chi connectivity index (χ4n) is 5.57. The number of phosphoric acid groups is 2. The smallest absolute Gasteiger partial charge is 0.478 e. The average Bonchev–Trinajstić information content (AvgIpc) is 3.17. The van der Waals surface area contributed by atoms with E-state index in [0.717, 1.165) is 49.7 Å². The Bertz CT molecular complexity index is 1220. The topological polar surface area (TPSA) is 175 Å². The number of aromatic amines is 1. The summed E-state index contributed by atoms with van der Waals surface area (Å²) in [5.74, 6) is 1.23. The minimum atomic E-state index is -5.05. The van der Waals surface area contributed by atoms with Gasteiger partial charge in [-0.15, -0.1) is 0 Å². The first kappa shape index (κ1) is 29.7. The molecule has 15 heteroatoms. The zero-order valence-electron chi connectivity index (χ0n) is 21.4. The van der Waals surface area contributed by atoms with Crippen molar-refractivity contribution in [3.8, 4) is 5.75 Å². The number of likely N-dealkylation sites (tertiary alicyclic amines) is 1. The first-order valence-corrected chi connectivity index (χ1v) is 15.6. The van der Waals surface area contributed by atoms with Crippen molar-refractivity contribution in [1.29, 1.82) is 0 Å². The van der Waals surface area contributed by atoms with Crippen LogP contribution in [0.4, 0.5) is 0 Å². The van der Waals surface area contributed by atoms with Crippen molar-refractivity contribution in [3.05, 3.63) is 46.5 Å². The largest absolute Gasteiger partial charge is 0.487 e. The van der Waals surface area contributed by atoms with Crippen LogP contribution >= 0.6 is 27.2 Å². The summed E-state index contributed by atoms with van der Waals surface area (Å²) in [5.41, 5.74) is 3.48. The summed E-state index contributed by atoms with van der Waals surface area (Å²) < 4.78 is 35.2. The standard InChI is InChI=1S/C23H30ClN3O2.H4O7P2/c1-15-19(26-14-25-15)12-27-8-6-23(7-9-27)11-18-21(28-13-23)17-5-4-16(24)10-20(17)29-22(18,2)3;1-8(2,3)7-9(4,5)6/h4-5,10,14,18,21H,6-9,11-13H2,1-3H3,(H,25,26);(H2,1,2,3)(H2,4,5,6)/t18-,21+;/m1./s1. The normalized spacial score (nSPS) is 24.5. The molecule has 1 spiro atoms. The minimum Gasteiger partial charge on any atom is -0.487 e. The van der Waals surface area contributed by atoms with Crippen LogP contribution < -0.4 is 4.74 Å². The number of rotatable bonds is 4. The van der Waals surface area contributed by atoms with Gasteiger partial charge in [0.25, 0.3) is 0 Å². The van der Waals surface area contributed by atoms with Crippen molar-refractivity contribution < 1.29 is 42.5 Å². The highest BCUT2D eigenvalue weighted by Crippen LogP contribution is 2.56. The van der Waals surface area contributed by atoms with Gasteiger partial charge in [-0.2, -0.15) is 4.31 Å². The van der Waals surface area contributed by atoms with Crippen LogP contribution in [0.2, 0.25) is 5.02 Å². The van der Waals surface area contributed by atoms with Gasteiger partial charge in [-0.3, -0.25) is 4.90 Å². The molecule has 2 aromatic rings. The summed E-state index contributed by atoms with van der Waals surface area (Å²) in [6.07, 6.45) is 5.40. The summed E-state index contributed by atoms with van der Waals surface area (Å²) >= 11 is 6.20. The number of H-pyrrole nitrogens is 1. The number of hydrogen-bond acceptors (Lipinski definition) is 7. The van der Waals surface area contributed by atoms with Crippen molar-refractivity contribution in [3.63, 3.8) is 0 Å². The lowest BCUT2D eigenvalue weighted by Gasteiger charge is -2.54. The fraction of sp³-hybridized carbons (Fsp3) is 0.609. The monoisotopic (exact) mass is 593 g/mol. The van der Waals surface area contributed by atoms with E-state index < -0.39 is 15.6 Å². The number of imidazole rings is 1. The Kier molecular flexibility index (Phi) is 8.54. The number of hydrogen-bond donors (Lipinski definition) is 5. The number of aryl methyl sites for hydroxylation is 1. The molecule has 0 bridgehead atoms. The molecule has 3 aliphatic rings. The number of benzene rings is 1. The van der Waals surface area contributed by atoms with Crippen LogP contribution in [0, 0.1) is 18.3 Å². The highest BCUT2D eigenvalue weighted by atomic mass is 35.5. The lowest BCUT2D eigenvalue weighted by molar-refractivity contribution is -0.174. The Hall–Kier alpha value is -1.30. The summed E-state index contributed by atoms with van der Waals surface area (Å²) in [7, 11) is -10.1. The van der Waals surface area contributed by atoms with E-state index >= 15 is 0 Å². The third kappa shape index (κ3) is 7.26. The van der Waals surface area contributed by atoms with E-state index in [4.69, 9.17) is 40.6 Å². The molecule has 0 radical (unpaired) electrons. The minimum absolute atomic E-state index is 0.0994. The van der Waals surface area contributed by atoms with Gasteiger partial charge in [0, 0.05) is 23.0 Å². The van der Waals surface area contributed by atoms with Crippen molar-refractivity contribution in [1.82, 2.24) is 14.9 Å². The van der Waals surface area contributed by atoms with Gasteiger partial charge in [0.2, 0.25) is 0 Å². The van der Waals surface area contributed by atoms with Crippen LogP contribution in [0.15, 0.2) is 24.5 Å². The number of nitrogens with one attached hydrogen (secondary N) is 1. The number of nitrogens with zero attached hydrogens (tertiary/aromatic N) is 2. The second kappa shape index (κ2) is 10.9. The van der Waals surface area contributed by atoms with E-state index in [1.807, 2.05) is 12.1 Å². The molecule has 0 saturated carbocycles. The molecular formula is C23H34ClN3O9P2. The maximum absolute atomic E-state index is 9.63. The molecule has 0 unspecified atom stereocenters. The Morgan fingerprint density at radius 2 is 1.84 bits per heavy atom. The molecular weight excluding hydrogens is 560 g/mol. The van der Waals surface area contributed by atoms with Gasteiger partial charge < -0.3 is 34.0 Å². The molecule has 2 atom stereocenters. The molecule has 2 fully saturated rings. The van der Waals surface area contributed by atoms with Crippen molar-refractivity contribution in [2.75, 3.05) is 19.7 Å². The van der Waals surface area contributed by atoms with Crippen LogP contribution in [0.25, 0.3) is 0 Å². The van der Waals surface area contributed by atoms with Crippen LogP contribution in [0.5, 0.6) is 5.75 Å². The molecule has 5 N–H and O–H groups in total. The zero-order chi connectivity index (χ0) is 27.9. The molecule has 1 aromatic heterocycles. The van der Waals surface area contributed by atoms with Gasteiger partial charge in [0.15, 0.2) is 0 Å². The first-order chi connectivity index (χ1) is 17.6. The van der Waals surface area contributed by atoms with Crippen LogP contribution in [-0.2, 0) is 24.7 Å². The third-order valence-electron chi connectivity index (χ3n) is 7.58. The molecule has 12 nitrogen and oxygen atoms in total. The Labute approximate surface area is 226 Å². The van der Waals surface area contributed by atoms with E-state index in [2.05, 4.69) is 46.0 Å². The van der Waals surface area contributed by atoms with Gasteiger partial charge in [-0.05, 0) is 70.7 Å². The zero-order valence-corrected chi connectivity index (χ0v) is 24.0. The summed E-state index contributed by atoms with van der Waals surface area (Å²) in [5, 5.41) is 0.713. The fourth-order valence-corrected chi connectivity index (χ4v) is 6.84. The summed E-state index contributed by atoms with van der Waals surface area (Å²) in [4.78, 5) is 41.1. The number of piperidine rings is 1. The van der Waals surface area contributed by atoms with E-state index in [9.17, 15) is 9.13 Å². The molecule has 0 amide bonds. The molecule has 2 saturated heterocycles. The highest BCUT2D eigenvalue weighted by Gasteiger charge is 2.52. The quantitative estimate of drug-likeness (QED) is 0.323. The van der Waals surface area contributed by atoms with E-state index in [1.54, 1.807) is 6.33 Å². The lowest BCUT2D eigenvalue weighted by Crippen LogP contribution is -2.54. The van der Waals surface area contributed by atoms with Crippen LogP contribution in [0.1, 0.15) is 56.2 Å². The Morgan fingerprint density at radius 3 is 2.39 bits per heavy atom. The molecule has 0 aliphatic carbocycles. The Balaban J connectivity index is 0.000000323.